The maximum absolute atomic E-state index is 6.23. The Balaban J connectivity index is 2.11. The van der Waals surface area contributed by atoms with E-state index < -0.39 is 0 Å². The van der Waals surface area contributed by atoms with Gasteiger partial charge in [-0.3, -0.25) is 0 Å². The molecule has 1 fully saturated rings. The van der Waals surface area contributed by atoms with Crippen molar-refractivity contribution in [2.75, 3.05) is 5.32 Å². The number of rotatable bonds is 2. The first-order chi connectivity index (χ1) is 8.37. The van der Waals surface area contributed by atoms with Gasteiger partial charge in [-0.2, -0.15) is 0 Å². The van der Waals surface area contributed by atoms with Crippen LogP contribution in [0, 0.1) is 11.3 Å². The Hall–Kier alpha value is -0.400. The predicted molar refractivity (Wildman–Crippen MR) is 80.7 cm³/mol. The summed E-state index contributed by atoms with van der Waals surface area (Å²) in [6, 6.07) is 6.25. The molecule has 100 valence electrons. The van der Waals surface area contributed by atoms with Crippen molar-refractivity contribution < 1.29 is 0 Å². The summed E-state index contributed by atoms with van der Waals surface area (Å²) in [4.78, 5) is 0. The molecule has 0 aromatic heterocycles. The molecule has 1 saturated carbocycles. The Labute approximate surface area is 120 Å². The minimum Gasteiger partial charge on any atom is -0.381 e. The van der Waals surface area contributed by atoms with Crippen LogP contribution in [0.2, 0.25) is 10.0 Å². The summed E-state index contributed by atoms with van der Waals surface area (Å²) < 4.78 is 0. The van der Waals surface area contributed by atoms with E-state index in [0.29, 0.717) is 21.5 Å². The van der Waals surface area contributed by atoms with Gasteiger partial charge in [-0.1, -0.05) is 50.0 Å². The number of halogens is 2. The molecule has 3 heteroatoms. The highest BCUT2D eigenvalue weighted by Crippen LogP contribution is 2.40. The first-order valence-corrected chi connectivity index (χ1v) is 7.33. The maximum atomic E-state index is 6.23. The molecule has 1 aromatic rings. The van der Waals surface area contributed by atoms with E-state index in [1.807, 2.05) is 18.2 Å². The summed E-state index contributed by atoms with van der Waals surface area (Å²) in [5, 5.41) is 4.81. The van der Waals surface area contributed by atoms with Gasteiger partial charge in [0.1, 0.15) is 0 Å². The quantitative estimate of drug-likeness (QED) is 0.744. The second-order valence-corrected chi connectivity index (χ2v) is 7.14. The molecule has 0 saturated heterocycles. The molecule has 2 unspecified atom stereocenters. The summed E-state index contributed by atoms with van der Waals surface area (Å²) in [6.07, 6.45) is 3.68. The standard InChI is InChI=1S/C15H21Cl2N/c1-10-7-11(9-15(2,3)8-10)18-13-6-4-5-12(16)14(13)17/h4-6,10-11,18H,7-9H2,1-3H3. The first-order valence-electron chi connectivity index (χ1n) is 6.58. The van der Waals surface area contributed by atoms with Crippen molar-refractivity contribution in [3.63, 3.8) is 0 Å². The van der Waals surface area contributed by atoms with Crippen LogP contribution in [-0.4, -0.2) is 6.04 Å². The molecule has 1 aliphatic carbocycles. The zero-order valence-corrected chi connectivity index (χ0v) is 12.8. The number of anilines is 1. The summed E-state index contributed by atoms with van der Waals surface area (Å²) >= 11 is 12.3. The number of benzene rings is 1. The van der Waals surface area contributed by atoms with Crippen molar-refractivity contribution in [2.45, 2.75) is 46.1 Å². The molecule has 1 nitrogen and oxygen atoms in total. The highest BCUT2D eigenvalue weighted by molar-refractivity contribution is 6.43. The third-order valence-corrected chi connectivity index (χ3v) is 4.52. The molecular formula is C15H21Cl2N. The van der Waals surface area contributed by atoms with Crippen LogP contribution in [-0.2, 0) is 0 Å². The number of hydrogen-bond acceptors (Lipinski definition) is 1. The Morgan fingerprint density at radius 2 is 1.94 bits per heavy atom. The van der Waals surface area contributed by atoms with Gasteiger partial charge in [-0.15, -0.1) is 0 Å². The molecule has 0 radical (unpaired) electrons. The van der Waals surface area contributed by atoms with Gasteiger partial charge in [0.05, 0.1) is 15.7 Å². The molecule has 0 aliphatic heterocycles. The van der Waals surface area contributed by atoms with Gasteiger partial charge < -0.3 is 5.32 Å². The van der Waals surface area contributed by atoms with E-state index in [0.717, 1.165) is 11.6 Å². The maximum Gasteiger partial charge on any atom is 0.0823 e. The van der Waals surface area contributed by atoms with Crippen LogP contribution in [0.1, 0.15) is 40.0 Å². The first kappa shape index (κ1) is 14.0. The molecule has 18 heavy (non-hydrogen) atoms. The fourth-order valence-corrected chi connectivity index (χ4v) is 3.65. The molecule has 1 aliphatic rings. The van der Waals surface area contributed by atoms with Crippen molar-refractivity contribution in [1.82, 2.24) is 0 Å². The zero-order chi connectivity index (χ0) is 13.3. The van der Waals surface area contributed by atoms with E-state index in [1.54, 1.807) is 0 Å². The monoisotopic (exact) mass is 285 g/mol. The third-order valence-electron chi connectivity index (χ3n) is 3.70. The van der Waals surface area contributed by atoms with Crippen molar-refractivity contribution >= 4 is 28.9 Å². The Morgan fingerprint density at radius 1 is 1.22 bits per heavy atom. The van der Waals surface area contributed by atoms with E-state index >= 15 is 0 Å². The molecule has 1 aromatic carbocycles. The van der Waals surface area contributed by atoms with E-state index in [-0.39, 0.29) is 0 Å². The van der Waals surface area contributed by atoms with E-state index in [9.17, 15) is 0 Å². The molecule has 0 heterocycles. The fraction of sp³-hybridized carbons (Fsp3) is 0.600. The zero-order valence-electron chi connectivity index (χ0n) is 11.3. The lowest BCUT2D eigenvalue weighted by Gasteiger charge is -2.39. The largest absolute Gasteiger partial charge is 0.381 e. The van der Waals surface area contributed by atoms with E-state index in [1.165, 1.54) is 19.3 Å². The van der Waals surface area contributed by atoms with Gasteiger partial charge in [-0.25, -0.2) is 0 Å². The minimum atomic E-state index is 0.403. The van der Waals surface area contributed by atoms with Crippen LogP contribution in [0.5, 0.6) is 0 Å². The Kier molecular flexibility index (Phi) is 4.13. The smallest absolute Gasteiger partial charge is 0.0823 e. The number of hydrogen-bond donors (Lipinski definition) is 1. The van der Waals surface area contributed by atoms with Crippen LogP contribution >= 0.6 is 23.2 Å². The van der Waals surface area contributed by atoms with E-state index in [2.05, 4.69) is 26.1 Å². The fourth-order valence-electron chi connectivity index (χ4n) is 3.29. The molecular weight excluding hydrogens is 265 g/mol. The second kappa shape index (κ2) is 5.30. The molecule has 0 spiro atoms. The topological polar surface area (TPSA) is 12.0 Å². The highest BCUT2D eigenvalue weighted by atomic mass is 35.5. The average Bonchev–Trinajstić information content (AvgIpc) is 2.22. The van der Waals surface area contributed by atoms with Crippen LogP contribution in [0.3, 0.4) is 0 Å². The van der Waals surface area contributed by atoms with Crippen LogP contribution in [0.4, 0.5) is 5.69 Å². The molecule has 2 rings (SSSR count). The van der Waals surface area contributed by atoms with Gasteiger partial charge in [0.25, 0.3) is 0 Å². The lowest BCUT2D eigenvalue weighted by Crippen LogP contribution is -2.35. The Morgan fingerprint density at radius 3 is 2.61 bits per heavy atom. The van der Waals surface area contributed by atoms with Crippen LogP contribution in [0.15, 0.2) is 18.2 Å². The third kappa shape index (κ3) is 3.33. The van der Waals surface area contributed by atoms with Crippen molar-refractivity contribution in [1.29, 1.82) is 0 Å². The van der Waals surface area contributed by atoms with Gasteiger partial charge in [0.15, 0.2) is 0 Å². The highest BCUT2D eigenvalue weighted by Gasteiger charge is 2.32. The van der Waals surface area contributed by atoms with E-state index in [4.69, 9.17) is 23.2 Å². The van der Waals surface area contributed by atoms with Crippen molar-refractivity contribution in [3.05, 3.63) is 28.2 Å². The Bertz CT molecular complexity index is 429. The van der Waals surface area contributed by atoms with Crippen molar-refractivity contribution in [3.8, 4) is 0 Å². The average molecular weight is 286 g/mol. The minimum absolute atomic E-state index is 0.403. The van der Waals surface area contributed by atoms with Gasteiger partial charge in [-0.05, 0) is 42.7 Å². The van der Waals surface area contributed by atoms with Gasteiger partial charge in [0.2, 0.25) is 0 Å². The van der Waals surface area contributed by atoms with Crippen molar-refractivity contribution in [2.24, 2.45) is 11.3 Å². The summed E-state index contributed by atoms with van der Waals surface area (Å²) in [6.45, 7) is 7.02. The van der Waals surface area contributed by atoms with Crippen LogP contribution in [0.25, 0.3) is 0 Å². The summed E-state index contributed by atoms with van der Waals surface area (Å²) in [7, 11) is 0. The second-order valence-electron chi connectivity index (χ2n) is 6.36. The normalized spacial score (nSPS) is 26.9. The SMILES string of the molecule is CC1CC(Nc2cccc(Cl)c2Cl)CC(C)(C)C1. The summed E-state index contributed by atoms with van der Waals surface area (Å²) in [5.41, 5.74) is 1.36. The van der Waals surface area contributed by atoms with Gasteiger partial charge in [0, 0.05) is 6.04 Å². The molecule has 2 atom stereocenters. The lowest BCUT2D eigenvalue weighted by molar-refractivity contribution is 0.178. The van der Waals surface area contributed by atoms with Crippen LogP contribution < -0.4 is 5.32 Å². The molecule has 0 amide bonds. The summed E-state index contributed by atoms with van der Waals surface area (Å²) in [5.74, 6) is 0.754. The lowest BCUT2D eigenvalue weighted by atomic mass is 9.70. The predicted octanol–water partition coefficient (Wildman–Crippen LogP) is 5.62. The van der Waals surface area contributed by atoms with Gasteiger partial charge >= 0.3 is 0 Å². The number of nitrogens with one attached hydrogen (secondary N) is 1. The molecule has 1 N–H and O–H groups in total. The molecule has 0 bridgehead atoms.